The number of imidazole rings is 2. The van der Waals surface area contributed by atoms with Gasteiger partial charge in [0.1, 0.15) is 11.6 Å². The highest BCUT2D eigenvalue weighted by atomic mass is 15.3. The second-order valence-electron chi connectivity index (χ2n) is 9.19. The number of aryl methyl sites for hydroxylation is 9. The van der Waals surface area contributed by atoms with E-state index in [0.717, 1.165) is 56.8 Å². The predicted octanol–water partition coefficient (Wildman–Crippen LogP) is 6.24. The van der Waals surface area contributed by atoms with Gasteiger partial charge >= 0.3 is 0 Å². The molecule has 9 nitrogen and oxygen atoms in total. The molecule has 6 rings (SSSR count). The van der Waals surface area contributed by atoms with Crippen LogP contribution in [-0.2, 0) is 0 Å². The molecule has 0 N–H and O–H groups in total. The minimum absolute atomic E-state index is 0. The van der Waals surface area contributed by atoms with Crippen LogP contribution in [0, 0.1) is 62.3 Å². The topological polar surface area (TPSA) is 90.6 Å². The van der Waals surface area contributed by atoms with Crippen LogP contribution in [-0.4, -0.2) is 43.8 Å². The van der Waals surface area contributed by atoms with Crippen molar-refractivity contribution >= 4 is 16.7 Å². The fraction of sp³-hybridized carbons (Fsp3) is 0.379. The van der Waals surface area contributed by atoms with E-state index < -0.39 is 0 Å². The Morgan fingerprint density at radius 2 is 1.21 bits per heavy atom. The minimum Gasteiger partial charge on any atom is -0.239 e. The molecule has 0 amide bonds. The summed E-state index contributed by atoms with van der Waals surface area (Å²) in [4.78, 5) is 12.7. The van der Waals surface area contributed by atoms with Crippen LogP contribution in [0.4, 0.5) is 0 Å². The number of rotatable bonds is 0. The normalized spacial score (nSPS) is 10.3. The van der Waals surface area contributed by atoms with E-state index in [4.69, 9.17) is 0 Å². The lowest BCUT2D eigenvalue weighted by Gasteiger charge is -2.00. The van der Waals surface area contributed by atoms with Gasteiger partial charge in [-0.1, -0.05) is 14.9 Å². The Labute approximate surface area is 225 Å². The van der Waals surface area contributed by atoms with E-state index in [1.54, 1.807) is 0 Å². The molecule has 0 saturated heterocycles. The zero-order valence-corrected chi connectivity index (χ0v) is 22.5. The maximum atomic E-state index is 4.35. The number of aromatic nitrogens is 9. The van der Waals surface area contributed by atoms with E-state index in [2.05, 4.69) is 56.2 Å². The average molecular weight is 516 g/mol. The molecule has 0 radical (unpaired) electrons. The van der Waals surface area contributed by atoms with Crippen LogP contribution in [0.25, 0.3) is 16.7 Å². The van der Waals surface area contributed by atoms with Crippen molar-refractivity contribution in [3.05, 3.63) is 87.9 Å². The Balaban J connectivity index is 0.000000195. The lowest BCUT2D eigenvalue weighted by molar-refractivity contribution is 0.819. The molecule has 38 heavy (non-hydrogen) atoms. The molecule has 0 unspecified atom stereocenters. The molecule has 0 spiro atoms. The molecule has 6 aromatic heterocycles. The molecule has 202 valence electrons. The number of hydrogen-bond donors (Lipinski definition) is 0. The second-order valence-corrected chi connectivity index (χ2v) is 9.19. The zero-order valence-electron chi connectivity index (χ0n) is 22.5. The number of fused-ring (bicyclic) bond motifs is 3. The molecule has 0 aliphatic rings. The van der Waals surface area contributed by atoms with E-state index >= 15 is 0 Å². The van der Waals surface area contributed by atoms with Gasteiger partial charge < -0.3 is 0 Å². The molecule has 0 atom stereocenters. The maximum Gasteiger partial charge on any atom is 0.156 e. The third-order valence-corrected chi connectivity index (χ3v) is 5.93. The summed E-state index contributed by atoms with van der Waals surface area (Å²) in [5.41, 5.74) is 10.9. The minimum atomic E-state index is 0. The van der Waals surface area contributed by atoms with Gasteiger partial charge in [0, 0.05) is 5.69 Å². The predicted molar refractivity (Wildman–Crippen MR) is 155 cm³/mol. The van der Waals surface area contributed by atoms with E-state index in [1.165, 1.54) is 11.1 Å². The lowest BCUT2D eigenvalue weighted by Crippen LogP contribution is -2.01. The molecule has 9 heteroatoms. The zero-order chi connectivity index (χ0) is 26.1. The van der Waals surface area contributed by atoms with Crippen molar-refractivity contribution in [1.29, 1.82) is 0 Å². The van der Waals surface area contributed by atoms with Crippen molar-refractivity contribution in [1.82, 2.24) is 43.8 Å². The average Bonchev–Trinajstić information content (AvgIpc) is 3.48. The van der Waals surface area contributed by atoms with Gasteiger partial charge in [0.25, 0.3) is 0 Å². The fourth-order valence-corrected chi connectivity index (χ4v) is 4.20. The van der Waals surface area contributed by atoms with Crippen LogP contribution < -0.4 is 0 Å². The van der Waals surface area contributed by atoms with Crippen molar-refractivity contribution in [2.24, 2.45) is 0 Å². The van der Waals surface area contributed by atoms with Crippen LogP contribution in [0.5, 0.6) is 0 Å². The molecule has 0 saturated carbocycles. The molecule has 0 aliphatic heterocycles. The molecule has 0 bridgehead atoms. The van der Waals surface area contributed by atoms with Crippen LogP contribution in [0.3, 0.4) is 0 Å². The molecule has 6 heterocycles. The van der Waals surface area contributed by atoms with Crippen molar-refractivity contribution in [3.63, 3.8) is 0 Å². The largest absolute Gasteiger partial charge is 0.239 e. The molecular formula is C29H41N9. The molecule has 0 aliphatic carbocycles. The van der Waals surface area contributed by atoms with E-state index in [9.17, 15) is 0 Å². The van der Waals surface area contributed by atoms with Crippen LogP contribution in [0.1, 0.15) is 66.1 Å². The van der Waals surface area contributed by atoms with Gasteiger partial charge in [0.2, 0.25) is 0 Å². The van der Waals surface area contributed by atoms with E-state index in [0.29, 0.717) is 0 Å². The van der Waals surface area contributed by atoms with E-state index in [1.807, 2.05) is 86.5 Å². The first-order chi connectivity index (χ1) is 17.0. The van der Waals surface area contributed by atoms with Gasteiger partial charge in [-0.2, -0.15) is 15.3 Å². The Morgan fingerprint density at radius 1 is 0.579 bits per heavy atom. The lowest BCUT2D eigenvalue weighted by atomic mass is 10.2. The summed E-state index contributed by atoms with van der Waals surface area (Å²) in [6.45, 7) is 18.0. The molecule has 0 fully saturated rings. The highest BCUT2D eigenvalue weighted by molar-refractivity contribution is 5.53. The van der Waals surface area contributed by atoms with Crippen molar-refractivity contribution in [2.45, 2.75) is 77.2 Å². The summed E-state index contributed by atoms with van der Waals surface area (Å²) < 4.78 is 5.69. The summed E-state index contributed by atoms with van der Waals surface area (Å²) in [5, 5.41) is 13.0. The first-order valence-corrected chi connectivity index (χ1v) is 11.9. The van der Waals surface area contributed by atoms with Gasteiger partial charge in [-0.15, -0.1) is 0 Å². The number of hydrogen-bond acceptors (Lipinski definition) is 6. The Kier molecular flexibility index (Phi) is 9.45. The summed E-state index contributed by atoms with van der Waals surface area (Å²) in [7, 11) is 0. The van der Waals surface area contributed by atoms with Crippen LogP contribution >= 0.6 is 0 Å². The third kappa shape index (κ3) is 6.04. The molecule has 6 aromatic rings. The quantitative estimate of drug-likeness (QED) is 0.238. The summed E-state index contributed by atoms with van der Waals surface area (Å²) in [5.74, 6) is 1.76. The van der Waals surface area contributed by atoms with Crippen LogP contribution in [0.15, 0.2) is 36.7 Å². The van der Waals surface area contributed by atoms with Gasteiger partial charge in [-0.3, -0.25) is 0 Å². The van der Waals surface area contributed by atoms with Crippen molar-refractivity contribution < 1.29 is 0 Å². The number of nitrogens with zero attached hydrogens (tertiary/aromatic N) is 9. The van der Waals surface area contributed by atoms with Gasteiger partial charge in [0.05, 0.1) is 46.2 Å². The van der Waals surface area contributed by atoms with E-state index in [-0.39, 0.29) is 14.9 Å². The van der Waals surface area contributed by atoms with Crippen molar-refractivity contribution in [2.75, 3.05) is 0 Å². The first kappa shape index (κ1) is 30.1. The summed E-state index contributed by atoms with van der Waals surface area (Å²) in [6, 6.07) is 8.21. The van der Waals surface area contributed by atoms with Crippen molar-refractivity contribution in [3.8, 4) is 0 Å². The highest BCUT2D eigenvalue weighted by Gasteiger charge is 2.04. The van der Waals surface area contributed by atoms with Gasteiger partial charge in [0.15, 0.2) is 5.65 Å². The first-order valence-electron chi connectivity index (χ1n) is 11.9. The Bertz CT molecular complexity index is 1490. The standard InChI is InChI=1S/3C9H11N3.2CH4/c1-6-4-7(2)11-12-8(3)10-5-9(6)12;1-6-4-7(2)11-12-8(3)5-10-9(6)12;1-6-4-5-9-7(2)10-8(3)11-12(6)9;;/h3*4-5H,1-3H3;2*1H4. The molecular weight excluding hydrogens is 474 g/mol. The van der Waals surface area contributed by atoms with Gasteiger partial charge in [-0.25, -0.2) is 28.5 Å². The smallest absolute Gasteiger partial charge is 0.156 e. The fourth-order valence-electron chi connectivity index (χ4n) is 4.20. The second kappa shape index (κ2) is 11.9. The molecule has 0 aromatic carbocycles. The SMILES string of the molecule is C.C.Cc1cc(C)c2cnc(C)n2n1.Cc1cc(C)c2ncc(C)n2n1.Cc1nc(C)c2ccc(C)n2n1. The third-order valence-electron chi connectivity index (χ3n) is 5.93. The Hall–Kier alpha value is -4.14. The van der Waals surface area contributed by atoms with Gasteiger partial charge in [-0.05, 0) is 97.7 Å². The maximum absolute atomic E-state index is 4.35. The highest BCUT2D eigenvalue weighted by Crippen LogP contribution is 2.12. The van der Waals surface area contributed by atoms with Crippen LogP contribution in [0.2, 0.25) is 0 Å². The summed E-state index contributed by atoms with van der Waals surface area (Å²) in [6.07, 6.45) is 3.70. The summed E-state index contributed by atoms with van der Waals surface area (Å²) >= 11 is 0. The Morgan fingerprint density at radius 3 is 1.89 bits per heavy atom. The monoisotopic (exact) mass is 515 g/mol.